The second kappa shape index (κ2) is 6.04. The molecule has 11 nitrogen and oxygen atoms in total. The molecule has 1 fully saturated rings. The first-order chi connectivity index (χ1) is 11.0. The third kappa shape index (κ3) is 2.70. The van der Waals surface area contributed by atoms with Crippen molar-refractivity contribution in [2.75, 3.05) is 18.5 Å². The summed E-state index contributed by atoms with van der Waals surface area (Å²) in [5.41, 5.74) is 5.77. The number of aromatic nitrogens is 4. The van der Waals surface area contributed by atoms with Gasteiger partial charge in [0.1, 0.15) is 24.6 Å². The predicted octanol–water partition coefficient (Wildman–Crippen LogP) is -2.66. The van der Waals surface area contributed by atoms with E-state index < -0.39 is 37.1 Å². The molecule has 1 aliphatic rings. The maximum Gasteiger partial charge on any atom is 0.236 e. The molecule has 3 rings (SSSR count). The number of anilines is 1. The molecule has 0 radical (unpaired) electrons. The molecule has 0 aliphatic carbocycles. The van der Waals surface area contributed by atoms with Crippen molar-refractivity contribution in [2.45, 2.75) is 24.5 Å². The van der Waals surface area contributed by atoms with Crippen molar-refractivity contribution < 1.29 is 24.9 Å². The Morgan fingerprint density at radius 1 is 1.35 bits per heavy atom. The molecular weight excluding hydrogens is 308 g/mol. The Balaban J connectivity index is 1.94. The van der Waals surface area contributed by atoms with E-state index in [1.807, 2.05) is 0 Å². The number of aliphatic hydroxyl groups is 3. The van der Waals surface area contributed by atoms with Gasteiger partial charge in [-0.05, 0) is 0 Å². The van der Waals surface area contributed by atoms with E-state index in [9.17, 15) is 15.0 Å². The Morgan fingerprint density at radius 3 is 2.78 bits per heavy atom. The second-order valence-corrected chi connectivity index (χ2v) is 5.10. The average Bonchev–Trinajstić information content (AvgIpc) is 3.08. The van der Waals surface area contributed by atoms with Crippen LogP contribution in [-0.2, 0) is 9.53 Å². The Kier molecular flexibility index (Phi) is 4.09. The topological polar surface area (TPSA) is 169 Å². The molecule has 11 heteroatoms. The summed E-state index contributed by atoms with van der Waals surface area (Å²) >= 11 is 0. The number of primary amides is 1. The van der Waals surface area contributed by atoms with Crippen molar-refractivity contribution >= 4 is 22.9 Å². The van der Waals surface area contributed by atoms with E-state index in [-0.39, 0.29) is 6.54 Å². The van der Waals surface area contributed by atoms with E-state index in [1.165, 1.54) is 17.2 Å². The number of imidazole rings is 1. The second-order valence-electron chi connectivity index (χ2n) is 5.10. The molecule has 4 atom stereocenters. The van der Waals surface area contributed by atoms with Gasteiger partial charge in [0, 0.05) is 0 Å². The molecule has 2 aromatic heterocycles. The van der Waals surface area contributed by atoms with Crippen LogP contribution in [0.25, 0.3) is 11.2 Å². The lowest BCUT2D eigenvalue weighted by Gasteiger charge is -2.16. The monoisotopic (exact) mass is 324 g/mol. The zero-order valence-electron chi connectivity index (χ0n) is 11.9. The van der Waals surface area contributed by atoms with Crippen LogP contribution in [0.15, 0.2) is 12.7 Å². The average molecular weight is 324 g/mol. The number of amides is 1. The standard InChI is InChI=1S/C12H16N6O5/c13-6(20)1-14-10-7-11(16-3-15-10)18(4-17-7)12-9(22)8(21)5(2-19)23-12/h3-5,8-9,12,19,21-22H,1-2H2,(H2,13,20)(H,14,15,16)/t5-,8-,9-,12-/m1/s1. The lowest BCUT2D eigenvalue weighted by Crippen LogP contribution is -2.33. The van der Waals surface area contributed by atoms with Gasteiger partial charge in [-0.3, -0.25) is 9.36 Å². The number of hydrogen-bond donors (Lipinski definition) is 5. The predicted molar refractivity (Wildman–Crippen MR) is 76.0 cm³/mol. The quantitative estimate of drug-likeness (QED) is 0.394. The maximum atomic E-state index is 10.9. The fourth-order valence-corrected chi connectivity index (χ4v) is 2.45. The van der Waals surface area contributed by atoms with Gasteiger partial charge < -0.3 is 31.1 Å². The van der Waals surface area contributed by atoms with Crippen LogP contribution in [-0.4, -0.2) is 72.2 Å². The number of carbonyl (C=O) groups is 1. The highest BCUT2D eigenvalue weighted by molar-refractivity contribution is 5.86. The SMILES string of the molecule is NC(=O)CNc1ncnc2c1ncn2[C@@H]1O[C@H](CO)[C@@H](O)[C@H]1O. The van der Waals surface area contributed by atoms with Crippen molar-refractivity contribution in [3.8, 4) is 0 Å². The molecular formula is C12H16N6O5. The van der Waals surface area contributed by atoms with Gasteiger partial charge in [-0.1, -0.05) is 0 Å². The molecule has 0 spiro atoms. The fraction of sp³-hybridized carbons (Fsp3) is 0.500. The zero-order chi connectivity index (χ0) is 16.6. The summed E-state index contributed by atoms with van der Waals surface area (Å²) in [7, 11) is 0. The third-order valence-corrected chi connectivity index (χ3v) is 3.58. The van der Waals surface area contributed by atoms with Crippen molar-refractivity contribution in [1.29, 1.82) is 0 Å². The van der Waals surface area contributed by atoms with Crippen LogP contribution in [0, 0.1) is 0 Å². The number of aliphatic hydroxyl groups excluding tert-OH is 3. The number of rotatable bonds is 5. The summed E-state index contributed by atoms with van der Waals surface area (Å²) < 4.78 is 6.87. The minimum Gasteiger partial charge on any atom is -0.394 e. The number of fused-ring (bicyclic) bond motifs is 1. The summed E-state index contributed by atoms with van der Waals surface area (Å²) in [6.07, 6.45) is -1.70. The van der Waals surface area contributed by atoms with Gasteiger partial charge >= 0.3 is 0 Å². The van der Waals surface area contributed by atoms with Crippen LogP contribution in [0.3, 0.4) is 0 Å². The van der Waals surface area contributed by atoms with Gasteiger partial charge in [0.25, 0.3) is 0 Å². The Hall–Kier alpha value is -2.34. The smallest absolute Gasteiger partial charge is 0.236 e. The molecule has 124 valence electrons. The van der Waals surface area contributed by atoms with E-state index in [1.54, 1.807) is 0 Å². The first-order valence-corrected chi connectivity index (χ1v) is 6.85. The molecule has 1 amide bonds. The van der Waals surface area contributed by atoms with E-state index in [0.717, 1.165) is 0 Å². The molecule has 0 aromatic carbocycles. The number of nitrogens with two attached hydrogens (primary N) is 1. The van der Waals surface area contributed by atoms with Crippen LogP contribution in [0.4, 0.5) is 5.82 Å². The van der Waals surface area contributed by atoms with Gasteiger partial charge in [0.2, 0.25) is 5.91 Å². The fourth-order valence-electron chi connectivity index (χ4n) is 2.45. The minimum atomic E-state index is -1.25. The number of carbonyl (C=O) groups excluding carboxylic acids is 1. The molecule has 0 unspecified atom stereocenters. The lowest BCUT2D eigenvalue weighted by atomic mass is 10.1. The van der Waals surface area contributed by atoms with Crippen LogP contribution in [0.1, 0.15) is 6.23 Å². The van der Waals surface area contributed by atoms with Crippen LogP contribution in [0.5, 0.6) is 0 Å². The first kappa shape index (κ1) is 15.6. The summed E-state index contributed by atoms with van der Waals surface area (Å²) in [6, 6.07) is 0. The van der Waals surface area contributed by atoms with E-state index in [2.05, 4.69) is 20.3 Å². The van der Waals surface area contributed by atoms with Gasteiger partial charge in [0.05, 0.1) is 19.5 Å². The van der Waals surface area contributed by atoms with Crippen LogP contribution in [0.2, 0.25) is 0 Å². The molecule has 0 bridgehead atoms. The van der Waals surface area contributed by atoms with Crippen molar-refractivity contribution in [2.24, 2.45) is 5.73 Å². The van der Waals surface area contributed by atoms with Gasteiger partial charge in [-0.15, -0.1) is 0 Å². The van der Waals surface area contributed by atoms with Crippen molar-refractivity contribution in [3.05, 3.63) is 12.7 Å². The van der Waals surface area contributed by atoms with E-state index in [4.69, 9.17) is 15.6 Å². The van der Waals surface area contributed by atoms with Crippen molar-refractivity contribution in [3.63, 3.8) is 0 Å². The Morgan fingerprint density at radius 2 is 2.13 bits per heavy atom. The number of nitrogens with one attached hydrogen (secondary N) is 1. The van der Waals surface area contributed by atoms with E-state index in [0.29, 0.717) is 17.0 Å². The highest BCUT2D eigenvalue weighted by atomic mass is 16.6. The number of ether oxygens (including phenoxy) is 1. The number of nitrogens with zero attached hydrogens (tertiary/aromatic N) is 4. The summed E-state index contributed by atoms with van der Waals surface area (Å²) in [5.74, 6) is -0.251. The lowest BCUT2D eigenvalue weighted by molar-refractivity contribution is -0.116. The molecule has 3 heterocycles. The molecule has 6 N–H and O–H groups in total. The van der Waals surface area contributed by atoms with Crippen molar-refractivity contribution in [1.82, 2.24) is 19.5 Å². The summed E-state index contributed by atoms with van der Waals surface area (Å²) in [5, 5.41) is 31.8. The highest BCUT2D eigenvalue weighted by Crippen LogP contribution is 2.31. The Bertz CT molecular complexity index is 721. The molecule has 1 saturated heterocycles. The molecule has 2 aromatic rings. The minimum absolute atomic E-state index is 0.118. The molecule has 1 aliphatic heterocycles. The zero-order valence-corrected chi connectivity index (χ0v) is 11.9. The van der Waals surface area contributed by atoms with Gasteiger partial charge in [0.15, 0.2) is 23.2 Å². The van der Waals surface area contributed by atoms with E-state index >= 15 is 0 Å². The molecule has 23 heavy (non-hydrogen) atoms. The number of hydrogen-bond acceptors (Lipinski definition) is 9. The van der Waals surface area contributed by atoms with Gasteiger partial charge in [-0.25, -0.2) is 15.0 Å². The maximum absolute atomic E-state index is 10.9. The normalized spacial score (nSPS) is 27.4. The molecule has 0 saturated carbocycles. The Labute approximate surface area is 129 Å². The van der Waals surface area contributed by atoms with Gasteiger partial charge in [-0.2, -0.15) is 0 Å². The highest BCUT2D eigenvalue weighted by Gasteiger charge is 2.44. The van der Waals surface area contributed by atoms with Crippen LogP contribution >= 0.6 is 0 Å². The first-order valence-electron chi connectivity index (χ1n) is 6.85. The summed E-state index contributed by atoms with van der Waals surface area (Å²) in [4.78, 5) is 23.1. The third-order valence-electron chi connectivity index (χ3n) is 3.58. The van der Waals surface area contributed by atoms with Crippen LogP contribution < -0.4 is 11.1 Å². The summed E-state index contributed by atoms with van der Waals surface area (Å²) in [6.45, 7) is -0.547. The largest absolute Gasteiger partial charge is 0.394 e.